The molecule has 1 aliphatic heterocycles. The van der Waals surface area contributed by atoms with Crippen molar-refractivity contribution in [1.82, 2.24) is 0 Å². The summed E-state index contributed by atoms with van der Waals surface area (Å²) in [6, 6.07) is 4.97. The van der Waals surface area contributed by atoms with Gasteiger partial charge in [-0.3, -0.25) is 10.1 Å². The van der Waals surface area contributed by atoms with Crippen LogP contribution in [0.25, 0.3) is 0 Å². The Morgan fingerprint density at radius 2 is 1.89 bits per heavy atom. The fraction of sp³-hybridized carbons (Fsp3) is 0.278. The van der Waals surface area contributed by atoms with Crippen LogP contribution >= 0.6 is 0 Å². The maximum Gasteiger partial charge on any atom is 0.335 e. The number of carboxylic acids is 1. The number of aryl methyl sites for hydroxylation is 1. The number of hydrogen-bond donors (Lipinski definition) is 1. The predicted octanol–water partition coefficient (Wildman–Crippen LogP) is 3.80. The van der Waals surface area contributed by atoms with E-state index in [1.165, 1.54) is 18.2 Å². The molecule has 1 heterocycles. The molecule has 0 radical (unpaired) electrons. The van der Waals surface area contributed by atoms with Gasteiger partial charge in [-0.05, 0) is 30.5 Å². The summed E-state index contributed by atoms with van der Waals surface area (Å²) in [6.07, 6.45) is 0. The molecule has 3 rings (SSSR count). The highest BCUT2D eigenvalue weighted by atomic mass is 32.2. The Morgan fingerprint density at radius 3 is 2.44 bits per heavy atom. The smallest absolute Gasteiger partial charge is 0.335 e. The van der Waals surface area contributed by atoms with Gasteiger partial charge < -0.3 is 9.84 Å². The molecule has 2 aromatic rings. The van der Waals surface area contributed by atoms with Gasteiger partial charge in [0.1, 0.15) is 16.4 Å². The zero-order valence-corrected chi connectivity index (χ0v) is 15.7. The lowest BCUT2D eigenvalue weighted by molar-refractivity contribution is -0.385. The molecule has 0 amide bonds. The van der Waals surface area contributed by atoms with E-state index in [2.05, 4.69) is 0 Å². The number of carboxylic acid groups (broad SMARTS) is 1. The first kappa shape index (κ1) is 18.8. The normalized spacial score (nSPS) is 14.7. The molecule has 27 heavy (non-hydrogen) atoms. The Morgan fingerprint density at radius 1 is 1.22 bits per heavy atom. The van der Waals surface area contributed by atoms with Crippen LogP contribution in [-0.4, -0.2) is 24.4 Å². The van der Waals surface area contributed by atoms with E-state index in [0.29, 0.717) is 11.1 Å². The second kappa shape index (κ2) is 6.34. The SMILES string of the molecule is Cc1cc(C(=O)O)cc2c1Oc1c(cc([N+](=O)[O-])cc1C(C)C)CS2(=O)=O. The van der Waals surface area contributed by atoms with Crippen LogP contribution in [0.2, 0.25) is 0 Å². The first-order chi connectivity index (χ1) is 12.5. The van der Waals surface area contributed by atoms with Crippen LogP contribution in [0, 0.1) is 17.0 Å². The third kappa shape index (κ3) is 3.25. The standard InChI is InChI=1S/C18H17NO7S/c1-9(2)14-7-13(19(22)23)5-12-8-27(24,25)15-6-11(18(20)21)4-10(3)16(15)26-17(12)14/h4-7,9H,8H2,1-3H3,(H,20,21). The number of ether oxygens (including phenoxy) is 1. The Balaban J connectivity index is 2.34. The Hall–Kier alpha value is -2.94. The minimum absolute atomic E-state index is 0.0505. The van der Waals surface area contributed by atoms with E-state index in [9.17, 15) is 28.4 Å². The van der Waals surface area contributed by atoms with E-state index in [4.69, 9.17) is 4.74 Å². The van der Waals surface area contributed by atoms with E-state index in [0.717, 1.165) is 6.07 Å². The fourth-order valence-electron chi connectivity index (χ4n) is 3.07. The van der Waals surface area contributed by atoms with Gasteiger partial charge in [0, 0.05) is 23.3 Å². The zero-order valence-electron chi connectivity index (χ0n) is 14.8. The van der Waals surface area contributed by atoms with Crippen LogP contribution in [0.3, 0.4) is 0 Å². The van der Waals surface area contributed by atoms with Crippen molar-refractivity contribution in [2.45, 2.75) is 37.3 Å². The average Bonchev–Trinajstić information content (AvgIpc) is 2.67. The number of non-ortho nitro benzene ring substituents is 1. The molecule has 1 aliphatic rings. The largest absolute Gasteiger partial charge is 0.478 e. The highest BCUT2D eigenvalue weighted by molar-refractivity contribution is 7.90. The van der Waals surface area contributed by atoms with Crippen LogP contribution in [0.15, 0.2) is 29.2 Å². The van der Waals surface area contributed by atoms with Gasteiger partial charge in [-0.2, -0.15) is 0 Å². The third-order valence-electron chi connectivity index (χ3n) is 4.38. The molecule has 2 aromatic carbocycles. The van der Waals surface area contributed by atoms with Crippen molar-refractivity contribution in [2.24, 2.45) is 0 Å². The molecule has 0 aliphatic carbocycles. The number of sulfone groups is 1. The van der Waals surface area contributed by atoms with Crippen molar-refractivity contribution < 1.29 is 28.0 Å². The highest BCUT2D eigenvalue weighted by Crippen LogP contribution is 2.45. The lowest BCUT2D eigenvalue weighted by atomic mass is 9.98. The van der Waals surface area contributed by atoms with Crippen LogP contribution in [0.5, 0.6) is 11.5 Å². The molecular weight excluding hydrogens is 374 g/mol. The van der Waals surface area contributed by atoms with Crippen molar-refractivity contribution in [3.05, 3.63) is 56.6 Å². The molecule has 0 saturated carbocycles. The monoisotopic (exact) mass is 391 g/mol. The second-order valence-corrected chi connectivity index (χ2v) is 8.68. The summed E-state index contributed by atoms with van der Waals surface area (Å²) in [5.41, 5.74) is 0.670. The molecule has 0 saturated heterocycles. The van der Waals surface area contributed by atoms with Crippen LogP contribution in [0.1, 0.15) is 46.8 Å². The van der Waals surface area contributed by atoms with E-state index < -0.39 is 26.5 Å². The number of hydrogen-bond acceptors (Lipinski definition) is 6. The summed E-state index contributed by atoms with van der Waals surface area (Å²) in [4.78, 5) is 21.8. The maximum atomic E-state index is 12.9. The molecule has 0 aromatic heterocycles. The van der Waals surface area contributed by atoms with Gasteiger partial charge in [0.25, 0.3) is 5.69 Å². The average molecular weight is 391 g/mol. The van der Waals surface area contributed by atoms with Crippen LogP contribution in [-0.2, 0) is 15.6 Å². The number of benzene rings is 2. The molecule has 1 N–H and O–H groups in total. The van der Waals surface area contributed by atoms with Crippen LogP contribution in [0.4, 0.5) is 5.69 Å². The number of carbonyl (C=O) groups is 1. The van der Waals surface area contributed by atoms with E-state index in [-0.39, 0.29) is 39.1 Å². The molecule has 9 heteroatoms. The quantitative estimate of drug-likeness (QED) is 0.623. The predicted molar refractivity (Wildman–Crippen MR) is 96.3 cm³/mol. The summed E-state index contributed by atoms with van der Waals surface area (Å²) >= 11 is 0. The first-order valence-electron chi connectivity index (χ1n) is 8.11. The summed E-state index contributed by atoms with van der Waals surface area (Å²) in [5.74, 6) is -1.60. The van der Waals surface area contributed by atoms with Gasteiger partial charge >= 0.3 is 5.97 Å². The number of nitro benzene ring substituents is 1. The molecule has 8 nitrogen and oxygen atoms in total. The highest BCUT2D eigenvalue weighted by Gasteiger charge is 2.32. The lowest BCUT2D eigenvalue weighted by Gasteiger charge is -2.17. The van der Waals surface area contributed by atoms with Crippen LogP contribution < -0.4 is 4.74 Å². The molecular formula is C18H17NO7S. The lowest BCUT2D eigenvalue weighted by Crippen LogP contribution is -2.07. The number of fused-ring (bicyclic) bond motifs is 2. The minimum atomic E-state index is -3.97. The minimum Gasteiger partial charge on any atom is -0.478 e. The molecule has 0 bridgehead atoms. The Labute approximate surface area is 155 Å². The number of nitro groups is 1. The zero-order chi connectivity index (χ0) is 20.1. The fourth-order valence-corrected chi connectivity index (χ4v) is 4.64. The topological polar surface area (TPSA) is 124 Å². The van der Waals surface area contributed by atoms with Crippen molar-refractivity contribution in [3.63, 3.8) is 0 Å². The Bertz CT molecular complexity index is 1090. The van der Waals surface area contributed by atoms with E-state index in [1.807, 2.05) is 13.8 Å². The second-order valence-electron chi connectivity index (χ2n) is 6.72. The van der Waals surface area contributed by atoms with Gasteiger partial charge in [0.2, 0.25) is 0 Å². The third-order valence-corrected chi connectivity index (χ3v) is 6.05. The summed E-state index contributed by atoms with van der Waals surface area (Å²) in [6.45, 7) is 5.21. The molecule has 0 unspecified atom stereocenters. The van der Waals surface area contributed by atoms with Gasteiger partial charge in [-0.15, -0.1) is 0 Å². The van der Waals surface area contributed by atoms with Crippen molar-refractivity contribution in [1.29, 1.82) is 0 Å². The van der Waals surface area contributed by atoms with Gasteiger partial charge in [-0.1, -0.05) is 13.8 Å². The summed E-state index contributed by atoms with van der Waals surface area (Å²) < 4.78 is 31.7. The maximum absolute atomic E-state index is 12.9. The van der Waals surface area contributed by atoms with Crippen molar-refractivity contribution in [3.8, 4) is 11.5 Å². The van der Waals surface area contributed by atoms with Crippen molar-refractivity contribution in [2.75, 3.05) is 0 Å². The summed E-state index contributed by atoms with van der Waals surface area (Å²) in [5, 5.41) is 20.5. The van der Waals surface area contributed by atoms with Gasteiger partial charge in [0.05, 0.1) is 16.2 Å². The van der Waals surface area contributed by atoms with Gasteiger partial charge in [0.15, 0.2) is 9.84 Å². The number of aromatic carboxylic acids is 1. The molecule has 142 valence electrons. The summed E-state index contributed by atoms with van der Waals surface area (Å²) in [7, 11) is -3.97. The van der Waals surface area contributed by atoms with Gasteiger partial charge in [-0.25, -0.2) is 13.2 Å². The molecule has 0 spiro atoms. The Kier molecular flexibility index (Phi) is 4.43. The first-order valence-corrected chi connectivity index (χ1v) is 9.76. The van der Waals surface area contributed by atoms with E-state index in [1.54, 1.807) is 6.92 Å². The number of rotatable bonds is 3. The van der Waals surface area contributed by atoms with Crippen molar-refractivity contribution >= 4 is 21.5 Å². The molecule has 0 atom stereocenters. The van der Waals surface area contributed by atoms with E-state index >= 15 is 0 Å². The number of nitrogens with zero attached hydrogens (tertiary/aromatic N) is 1. The molecule has 0 fully saturated rings.